The van der Waals surface area contributed by atoms with Gasteiger partial charge >= 0.3 is 0 Å². The van der Waals surface area contributed by atoms with E-state index in [0.717, 1.165) is 17.5 Å². The molecule has 194 valence electrons. The number of aryl methyl sites for hydroxylation is 1. The molecule has 1 aliphatic heterocycles. The summed E-state index contributed by atoms with van der Waals surface area (Å²) in [4.78, 5) is 28.6. The zero-order chi connectivity index (χ0) is 27.1. The van der Waals surface area contributed by atoms with Crippen molar-refractivity contribution in [3.63, 3.8) is 0 Å². The fraction of sp³-hybridized carbons (Fsp3) is 0.258. The number of thioether (sulfide) groups is 1. The number of carbonyl (C=O) groups excluding carboxylic acids is 2. The Kier molecular flexibility index (Phi) is 8.88. The smallest absolute Gasteiger partial charge is 0.265 e. The van der Waals surface area contributed by atoms with E-state index in [4.69, 9.17) is 4.74 Å². The lowest BCUT2D eigenvalue weighted by Crippen LogP contribution is -2.32. The van der Waals surface area contributed by atoms with Crippen LogP contribution in [0, 0.1) is 11.3 Å². The molecule has 38 heavy (non-hydrogen) atoms. The summed E-state index contributed by atoms with van der Waals surface area (Å²) in [5.41, 5.74) is 3.69. The molecule has 1 aliphatic rings. The highest BCUT2D eigenvalue weighted by Gasteiger charge is 2.41. The van der Waals surface area contributed by atoms with E-state index in [-0.39, 0.29) is 17.5 Å². The topological polar surface area (TPSA) is 82.4 Å². The second-order valence-electron chi connectivity index (χ2n) is 8.98. The van der Waals surface area contributed by atoms with Gasteiger partial charge in [0.25, 0.3) is 5.91 Å². The van der Waals surface area contributed by atoms with Gasteiger partial charge in [0, 0.05) is 5.69 Å². The third-order valence-corrected chi connectivity index (χ3v) is 7.67. The molecule has 2 atom stereocenters. The van der Waals surface area contributed by atoms with Gasteiger partial charge in [-0.2, -0.15) is 5.26 Å². The molecule has 0 bridgehead atoms. The van der Waals surface area contributed by atoms with E-state index in [2.05, 4.69) is 30.4 Å². The molecule has 2 unspecified atom stereocenters. The molecule has 0 aromatic heterocycles. The van der Waals surface area contributed by atoms with Crippen LogP contribution in [-0.2, 0) is 22.4 Å². The maximum Gasteiger partial charge on any atom is 0.265 e. The molecule has 1 heterocycles. The number of amides is 2. The van der Waals surface area contributed by atoms with E-state index >= 15 is 0 Å². The lowest BCUT2D eigenvalue weighted by atomic mass is 10.1. The van der Waals surface area contributed by atoms with Crippen LogP contribution in [0.3, 0.4) is 0 Å². The fourth-order valence-electron chi connectivity index (χ4n) is 4.30. The van der Waals surface area contributed by atoms with Crippen LogP contribution in [0.25, 0.3) is 0 Å². The van der Waals surface area contributed by atoms with Gasteiger partial charge < -0.3 is 10.1 Å². The number of anilines is 1. The normalized spacial score (nSPS) is 17.1. The van der Waals surface area contributed by atoms with Crippen molar-refractivity contribution in [1.29, 1.82) is 5.26 Å². The number of benzene rings is 3. The Morgan fingerprint density at radius 1 is 1.03 bits per heavy atom. The van der Waals surface area contributed by atoms with Crippen molar-refractivity contribution in [3.05, 3.63) is 106 Å². The molecule has 7 heteroatoms. The van der Waals surface area contributed by atoms with Gasteiger partial charge in [0.05, 0.1) is 17.9 Å². The standard InChI is InChI=1S/C31H31N3O3S/c1-4-22-11-13-23(14-12-22)19-28-30(36)34(25-15-17-26(18-16-25)37-5-2)31(38-28)27(20-32)29(35)33-21(3)24-9-7-6-8-10-24/h6-18,21,28H,4-5,19H2,1-3H3,(H,33,35)/b31-27-. The van der Waals surface area contributed by atoms with Gasteiger partial charge in [-0.3, -0.25) is 14.5 Å². The van der Waals surface area contributed by atoms with Crippen molar-refractivity contribution >= 4 is 29.3 Å². The summed E-state index contributed by atoms with van der Waals surface area (Å²) < 4.78 is 5.55. The Balaban J connectivity index is 1.68. The predicted molar refractivity (Wildman–Crippen MR) is 152 cm³/mol. The summed E-state index contributed by atoms with van der Waals surface area (Å²) >= 11 is 1.27. The Hall–Kier alpha value is -4.02. The first kappa shape index (κ1) is 27.0. The number of nitrogens with zero attached hydrogens (tertiary/aromatic N) is 2. The summed E-state index contributed by atoms with van der Waals surface area (Å²) in [5.74, 6) is 0.0111. The van der Waals surface area contributed by atoms with Gasteiger partial charge in [-0.15, -0.1) is 0 Å². The second-order valence-corrected chi connectivity index (χ2v) is 10.2. The molecule has 0 saturated carbocycles. The van der Waals surface area contributed by atoms with Crippen LogP contribution in [0.15, 0.2) is 89.5 Å². The maximum atomic E-state index is 13.7. The van der Waals surface area contributed by atoms with Gasteiger partial charge in [-0.1, -0.05) is 73.3 Å². The number of hydrogen-bond acceptors (Lipinski definition) is 5. The van der Waals surface area contributed by atoms with E-state index in [9.17, 15) is 14.9 Å². The van der Waals surface area contributed by atoms with Crippen LogP contribution in [0.1, 0.15) is 43.5 Å². The maximum absolute atomic E-state index is 13.7. The van der Waals surface area contributed by atoms with Gasteiger partial charge in [0.15, 0.2) is 0 Å². The second kappa shape index (κ2) is 12.5. The third kappa shape index (κ3) is 6.09. The molecule has 6 nitrogen and oxygen atoms in total. The monoisotopic (exact) mass is 525 g/mol. The van der Waals surface area contributed by atoms with Crippen LogP contribution >= 0.6 is 11.8 Å². The first-order valence-electron chi connectivity index (χ1n) is 12.8. The van der Waals surface area contributed by atoms with Gasteiger partial charge in [-0.05, 0) is 67.6 Å². The predicted octanol–water partition coefficient (Wildman–Crippen LogP) is 5.95. The highest BCUT2D eigenvalue weighted by Crippen LogP contribution is 2.42. The lowest BCUT2D eigenvalue weighted by molar-refractivity contribution is -0.117. The number of rotatable bonds is 9. The number of ether oxygens (including phenoxy) is 1. The molecule has 4 rings (SSSR count). The summed E-state index contributed by atoms with van der Waals surface area (Å²) in [6.07, 6.45) is 1.43. The number of nitriles is 1. The van der Waals surface area contributed by atoms with Crippen molar-refractivity contribution in [1.82, 2.24) is 5.32 Å². The SMILES string of the molecule is CCOc1ccc(N2C(=O)C(Cc3ccc(CC)cc3)S/C2=C(/C#N)C(=O)NC(C)c2ccccc2)cc1. The average molecular weight is 526 g/mol. The van der Waals surface area contributed by atoms with Crippen LogP contribution in [-0.4, -0.2) is 23.7 Å². The molecule has 1 N–H and O–H groups in total. The third-order valence-electron chi connectivity index (χ3n) is 6.41. The first-order valence-corrected chi connectivity index (χ1v) is 13.6. The minimum absolute atomic E-state index is 0.0798. The van der Waals surface area contributed by atoms with Gasteiger partial charge in [-0.25, -0.2) is 0 Å². The van der Waals surface area contributed by atoms with Gasteiger partial charge in [0.2, 0.25) is 5.91 Å². The molecule has 3 aromatic rings. The zero-order valence-electron chi connectivity index (χ0n) is 21.8. The Labute approximate surface area is 228 Å². The van der Waals surface area contributed by atoms with Crippen molar-refractivity contribution < 1.29 is 14.3 Å². The van der Waals surface area contributed by atoms with Crippen molar-refractivity contribution in [2.24, 2.45) is 0 Å². The summed E-state index contributed by atoms with van der Waals surface area (Å²) in [6.45, 7) is 6.40. The lowest BCUT2D eigenvalue weighted by Gasteiger charge is -2.20. The Bertz CT molecular complexity index is 1350. The van der Waals surface area contributed by atoms with Crippen LogP contribution < -0.4 is 15.0 Å². The summed E-state index contributed by atoms with van der Waals surface area (Å²) in [7, 11) is 0. The highest BCUT2D eigenvalue weighted by atomic mass is 32.2. The minimum atomic E-state index is -0.511. The quantitative estimate of drug-likeness (QED) is 0.276. The highest BCUT2D eigenvalue weighted by molar-refractivity contribution is 8.05. The van der Waals surface area contributed by atoms with Crippen LogP contribution in [0.5, 0.6) is 5.75 Å². The number of nitrogens with one attached hydrogen (secondary N) is 1. The fourth-order valence-corrected chi connectivity index (χ4v) is 5.61. The van der Waals surface area contributed by atoms with Crippen LogP contribution in [0.2, 0.25) is 0 Å². The Morgan fingerprint density at radius 2 is 1.68 bits per heavy atom. The Morgan fingerprint density at radius 3 is 2.29 bits per heavy atom. The number of hydrogen-bond donors (Lipinski definition) is 1. The average Bonchev–Trinajstić information content (AvgIpc) is 3.25. The summed E-state index contributed by atoms with van der Waals surface area (Å²) in [5, 5.41) is 12.9. The molecule has 1 fully saturated rings. The number of carbonyl (C=O) groups is 2. The van der Waals surface area contributed by atoms with E-state index in [1.54, 1.807) is 24.3 Å². The first-order chi connectivity index (χ1) is 18.4. The summed E-state index contributed by atoms with van der Waals surface area (Å²) in [6, 6.07) is 26.7. The molecular formula is C31H31N3O3S. The van der Waals surface area contributed by atoms with E-state index in [1.165, 1.54) is 22.2 Å². The molecule has 0 aliphatic carbocycles. The van der Waals surface area contributed by atoms with Crippen molar-refractivity contribution in [2.75, 3.05) is 11.5 Å². The van der Waals surface area contributed by atoms with Crippen LogP contribution in [0.4, 0.5) is 5.69 Å². The molecule has 1 saturated heterocycles. The van der Waals surface area contributed by atoms with E-state index in [0.29, 0.717) is 29.5 Å². The van der Waals surface area contributed by atoms with E-state index < -0.39 is 11.2 Å². The molecule has 0 spiro atoms. The molecule has 0 radical (unpaired) electrons. The van der Waals surface area contributed by atoms with E-state index in [1.807, 2.05) is 56.3 Å². The molecule has 2 amide bonds. The minimum Gasteiger partial charge on any atom is -0.494 e. The largest absolute Gasteiger partial charge is 0.494 e. The zero-order valence-corrected chi connectivity index (χ0v) is 22.6. The van der Waals surface area contributed by atoms with Gasteiger partial charge in [0.1, 0.15) is 22.4 Å². The van der Waals surface area contributed by atoms with Crippen molar-refractivity contribution in [2.45, 2.75) is 44.9 Å². The molecule has 3 aromatic carbocycles. The van der Waals surface area contributed by atoms with Crippen molar-refractivity contribution in [3.8, 4) is 11.8 Å². The molecular weight excluding hydrogens is 494 g/mol.